The lowest BCUT2D eigenvalue weighted by atomic mass is 10.1. The van der Waals surface area contributed by atoms with Crippen LogP contribution in [-0.4, -0.2) is 18.5 Å². The van der Waals surface area contributed by atoms with Crippen molar-refractivity contribution in [3.8, 4) is 0 Å². The van der Waals surface area contributed by atoms with Crippen LogP contribution in [0.25, 0.3) is 0 Å². The maximum Gasteiger partial charge on any atom is 0.419 e. The number of rotatable bonds is 15. The Morgan fingerprint density at radius 2 is 0.833 bits per heavy atom. The van der Waals surface area contributed by atoms with Gasteiger partial charge in [-0.15, -0.1) is 0 Å². The summed E-state index contributed by atoms with van der Waals surface area (Å²) in [5, 5.41) is 4.26. The smallest absolute Gasteiger partial charge is 0.237 e. The molecule has 0 nitrogen and oxygen atoms in total. The molecule has 0 radical (unpaired) electrons. The zero-order valence-electron chi connectivity index (χ0n) is 21.0. The summed E-state index contributed by atoms with van der Waals surface area (Å²) in [6.07, 6.45) is 1.96. The molecule has 3 aromatic rings. The predicted octanol–water partition coefficient (Wildman–Crippen LogP) is 8.78. The molecule has 0 amide bonds. The first-order valence-electron chi connectivity index (χ1n) is 13.2. The second-order valence-electron chi connectivity index (χ2n) is 9.52. The Labute approximate surface area is 214 Å². The zero-order valence-corrected chi connectivity index (χ0v) is 21.9. The average Bonchev–Trinajstić information content (AvgIpc) is 2.90. The molecule has 1 atom stereocenters. The molecule has 0 bridgehead atoms. The maximum atomic E-state index is 12.9. The van der Waals surface area contributed by atoms with Crippen molar-refractivity contribution in [2.45, 2.75) is 76.6 Å². The molecule has 0 saturated carbocycles. The fourth-order valence-electron chi connectivity index (χ4n) is 4.96. The fraction of sp³-hybridized carbons (Fsp3) is 0.419. The molecule has 0 N–H and O–H groups in total. The Balaban J connectivity index is 1.50. The second-order valence-corrected chi connectivity index (χ2v) is 13.1. The van der Waals surface area contributed by atoms with E-state index in [1.807, 2.05) is 0 Å². The Hall–Kier alpha value is -2.19. The molecule has 0 spiro atoms. The summed E-state index contributed by atoms with van der Waals surface area (Å²) in [5.74, 6) is 0. The van der Waals surface area contributed by atoms with Gasteiger partial charge in [0.25, 0.3) is 0 Å². The Bertz CT molecular complexity index is 877. The van der Waals surface area contributed by atoms with Crippen molar-refractivity contribution in [2.75, 3.05) is 6.16 Å². The minimum atomic E-state index is -4.71. The number of halogens is 4. The van der Waals surface area contributed by atoms with Crippen LogP contribution in [0.5, 0.6) is 0 Å². The first-order chi connectivity index (χ1) is 17.4. The van der Waals surface area contributed by atoms with Crippen molar-refractivity contribution in [3.05, 3.63) is 91.0 Å². The summed E-state index contributed by atoms with van der Waals surface area (Å²) < 4.78 is 49.6. The van der Waals surface area contributed by atoms with Crippen LogP contribution in [0.2, 0.25) is 0 Å². The van der Waals surface area contributed by atoms with Gasteiger partial charge in [-0.1, -0.05) is 99.5 Å². The molecule has 1 unspecified atom stereocenters. The van der Waals surface area contributed by atoms with Crippen LogP contribution < -0.4 is 15.9 Å². The zero-order chi connectivity index (χ0) is 25.7. The third-order valence-electron chi connectivity index (χ3n) is 6.90. The van der Waals surface area contributed by atoms with E-state index in [1.165, 1.54) is 28.8 Å². The molecule has 0 aliphatic heterocycles. The van der Waals surface area contributed by atoms with Crippen LogP contribution >= 0.6 is 7.26 Å². The monoisotopic (exact) mass is 517 g/mol. The van der Waals surface area contributed by atoms with Crippen molar-refractivity contribution in [2.24, 2.45) is 0 Å². The van der Waals surface area contributed by atoms with Crippen molar-refractivity contribution in [1.29, 1.82) is 0 Å². The molecular formula is C31H38F4P+. The van der Waals surface area contributed by atoms with E-state index < -0.39 is 26.0 Å². The van der Waals surface area contributed by atoms with E-state index in [9.17, 15) is 17.6 Å². The second kappa shape index (κ2) is 14.5. The van der Waals surface area contributed by atoms with Crippen LogP contribution in [0.1, 0.15) is 64.2 Å². The molecule has 0 aliphatic rings. The molecular weight excluding hydrogens is 479 g/mol. The van der Waals surface area contributed by atoms with Crippen molar-refractivity contribution >= 4 is 23.2 Å². The highest BCUT2D eigenvalue weighted by Gasteiger charge is 2.44. The van der Waals surface area contributed by atoms with Gasteiger partial charge < -0.3 is 0 Å². The molecule has 5 heteroatoms. The summed E-state index contributed by atoms with van der Waals surface area (Å²) in [6.45, 7) is 0. The first-order valence-corrected chi connectivity index (χ1v) is 15.2. The Morgan fingerprint density at radius 3 is 1.19 bits per heavy atom. The van der Waals surface area contributed by atoms with Gasteiger partial charge in [0.15, 0.2) is 6.17 Å². The van der Waals surface area contributed by atoms with Crippen molar-refractivity contribution < 1.29 is 17.6 Å². The molecule has 36 heavy (non-hydrogen) atoms. The average molecular weight is 518 g/mol. The van der Waals surface area contributed by atoms with Gasteiger partial charge in [-0.25, -0.2) is 4.39 Å². The molecule has 3 rings (SSSR count). The normalized spacial score (nSPS) is 13.0. The predicted molar refractivity (Wildman–Crippen MR) is 147 cm³/mol. The largest absolute Gasteiger partial charge is 0.419 e. The Kier molecular flexibility index (Phi) is 11.5. The SMILES string of the molecule is FC(CCCCCCCCCCC[P+](c1ccccc1)(c1ccccc1)c1ccccc1)C(F)(F)F. The van der Waals surface area contributed by atoms with Gasteiger partial charge >= 0.3 is 6.18 Å². The molecule has 194 valence electrons. The molecule has 0 saturated heterocycles. The number of benzene rings is 3. The van der Waals surface area contributed by atoms with Crippen LogP contribution in [-0.2, 0) is 0 Å². The van der Waals surface area contributed by atoms with Gasteiger partial charge in [-0.05, 0) is 55.7 Å². The van der Waals surface area contributed by atoms with E-state index in [0.717, 1.165) is 38.3 Å². The first kappa shape index (κ1) is 28.4. The lowest BCUT2D eigenvalue weighted by molar-refractivity contribution is -0.182. The van der Waals surface area contributed by atoms with E-state index in [-0.39, 0.29) is 0 Å². The lowest BCUT2D eigenvalue weighted by Crippen LogP contribution is -2.33. The minimum absolute atomic E-state index is 0.310. The lowest BCUT2D eigenvalue weighted by Gasteiger charge is -2.27. The van der Waals surface area contributed by atoms with Crippen LogP contribution in [0.3, 0.4) is 0 Å². The van der Waals surface area contributed by atoms with Crippen molar-refractivity contribution in [1.82, 2.24) is 0 Å². The summed E-state index contributed by atoms with van der Waals surface area (Å²) in [6, 6.07) is 32.8. The fourth-order valence-corrected chi connectivity index (χ4v) is 9.37. The van der Waals surface area contributed by atoms with E-state index in [1.54, 1.807) is 0 Å². The third-order valence-corrected chi connectivity index (χ3v) is 11.4. The van der Waals surface area contributed by atoms with E-state index >= 15 is 0 Å². The highest BCUT2D eigenvalue weighted by Crippen LogP contribution is 2.56. The molecule has 0 aliphatic carbocycles. The number of unbranched alkanes of at least 4 members (excludes halogenated alkanes) is 8. The van der Waals surface area contributed by atoms with E-state index in [2.05, 4.69) is 91.0 Å². The van der Waals surface area contributed by atoms with Gasteiger partial charge in [0.05, 0.1) is 6.16 Å². The Morgan fingerprint density at radius 1 is 0.500 bits per heavy atom. The number of alkyl halides is 4. The van der Waals surface area contributed by atoms with Gasteiger partial charge in [-0.2, -0.15) is 13.2 Å². The maximum absolute atomic E-state index is 12.9. The third kappa shape index (κ3) is 8.17. The highest BCUT2D eigenvalue weighted by atomic mass is 31.2. The van der Waals surface area contributed by atoms with Crippen LogP contribution in [0.4, 0.5) is 17.6 Å². The molecule has 0 aromatic heterocycles. The number of hydrogen-bond donors (Lipinski definition) is 0. The quantitative estimate of drug-likeness (QED) is 0.107. The summed E-state index contributed by atoms with van der Waals surface area (Å²) in [4.78, 5) is 0. The van der Waals surface area contributed by atoms with Crippen LogP contribution in [0, 0.1) is 0 Å². The van der Waals surface area contributed by atoms with Gasteiger partial charge in [0, 0.05) is 0 Å². The number of hydrogen-bond acceptors (Lipinski definition) is 0. The van der Waals surface area contributed by atoms with Gasteiger partial charge in [0.2, 0.25) is 0 Å². The van der Waals surface area contributed by atoms with E-state index in [4.69, 9.17) is 0 Å². The van der Waals surface area contributed by atoms with E-state index in [0.29, 0.717) is 12.8 Å². The highest BCUT2D eigenvalue weighted by molar-refractivity contribution is 7.95. The van der Waals surface area contributed by atoms with Gasteiger partial charge in [-0.3, -0.25) is 0 Å². The van der Waals surface area contributed by atoms with Crippen LogP contribution in [0.15, 0.2) is 91.0 Å². The summed E-state index contributed by atoms with van der Waals surface area (Å²) in [7, 11) is -1.76. The van der Waals surface area contributed by atoms with Gasteiger partial charge in [0.1, 0.15) is 23.2 Å². The molecule has 0 heterocycles. The topological polar surface area (TPSA) is 0 Å². The minimum Gasteiger partial charge on any atom is -0.237 e. The molecule has 0 fully saturated rings. The molecule has 3 aromatic carbocycles. The summed E-state index contributed by atoms with van der Waals surface area (Å²) in [5.41, 5.74) is 0. The summed E-state index contributed by atoms with van der Waals surface area (Å²) >= 11 is 0. The standard InChI is InChI=1S/C31H38F4P/c32-30(31(33,34)35)25-17-6-4-2-1-3-5-7-18-26-36(27-19-11-8-12-20-27,28-21-13-9-14-22-28)29-23-15-10-16-24-29/h8-16,19-24,30H,1-7,17-18,25-26H2/q+1. The van der Waals surface area contributed by atoms with Crippen molar-refractivity contribution in [3.63, 3.8) is 0 Å².